The second kappa shape index (κ2) is 7.82. The van der Waals surface area contributed by atoms with Gasteiger partial charge in [0.25, 0.3) is 0 Å². The Balaban J connectivity index is 1.92. The number of rotatable bonds is 6. The molecule has 1 saturated heterocycles. The van der Waals surface area contributed by atoms with Crippen LogP contribution < -0.4 is 11.1 Å². The average Bonchev–Trinajstić information content (AvgIpc) is 2.29. The van der Waals surface area contributed by atoms with Crippen molar-refractivity contribution in [3.8, 4) is 0 Å². The van der Waals surface area contributed by atoms with Crippen LogP contribution in [-0.2, 0) is 0 Å². The molecule has 4 N–H and O–H groups in total. The quantitative estimate of drug-likeness (QED) is 0.212. The number of nitrogens with two attached hydrogens (primary N) is 1. The lowest BCUT2D eigenvalue weighted by molar-refractivity contribution is 0.316. The molecular formula is C10H21N3OS. The van der Waals surface area contributed by atoms with Crippen LogP contribution in [0.5, 0.6) is 0 Å². The molecule has 0 aliphatic carbocycles. The van der Waals surface area contributed by atoms with Crippen molar-refractivity contribution in [2.24, 2.45) is 10.9 Å². The van der Waals surface area contributed by atoms with Gasteiger partial charge in [0, 0.05) is 12.5 Å². The summed E-state index contributed by atoms with van der Waals surface area (Å²) in [7, 11) is 0. The molecule has 1 aliphatic rings. The maximum atomic E-state index is 8.34. The fourth-order valence-corrected chi connectivity index (χ4v) is 2.80. The largest absolute Gasteiger partial charge is 0.409 e. The van der Waals surface area contributed by atoms with Gasteiger partial charge in [0.1, 0.15) is 5.84 Å². The molecule has 88 valence electrons. The molecule has 1 heterocycles. The summed E-state index contributed by atoms with van der Waals surface area (Å²) < 4.78 is 0. The van der Waals surface area contributed by atoms with Crippen LogP contribution in [0.4, 0.5) is 0 Å². The number of hydrogen-bond donors (Lipinski definition) is 3. The smallest absolute Gasteiger partial charge is 0.139 e. The van der Waals surface area contributed by atoms with Crippen molar-refractivity contribution < 1.29 is 5.21 Å². The Morgan fingerprint density at radius 2 is 2.13 bits per heavy atom. The summed E-state index contributed by atoms with van der Waals surface area (Å²) in [4.78, 5) is 0. The average molecular weight is 231 g/mol. The molecule has 0 aromatic carbocycles. The van der Waals surface area contributed by atoms with Gasteiger partial charge in [-0.2, -0.15) is 11.8 Å². The fourth-order valence-electron chi connectivity index (χ4n) is 1.69. The molecule has 0 aromatic heterocycles. The van der Waals surface area contributed by atoms with Gasteiger partial charge in [-0.25, -0.2) is 0 Å². The van der Waals surface area contributed by atoms with Crippen molar-refractivity contribution >= 4 is 17.6 Å². The molecule has 1 aliphatic heterocycles. The first-order valence-corrected chi connectivity index (χ1v) is 6.76. The summed E-state index contributed by atoms with van der Waals surface area (Å²) in [5.41, 5.74) is 5.37. The van der Waals surface area contributed by atoms with Crippen LogP contribution in [0, 0.1) is 0 Å². The highest BCUT2D eigenvalue weighted by atomic mass is 32.2. The van der Waals surface area contributed by atoms with Crippen molar-refractivity contribution in [3.05, 3.63) is 0 Å². The van der Waals surface area contributed by atoms with Gasteiger partial charge in [0.2, 0.25) is 0 Å². The molecule has 4 nitrogen and oxygen atoms in total. The lowest BCUT2D eigenvalue weighted by atomic mass is 10.1. The van der Waals surface area contributed by atoms with E-state index in [-0.39, 0.29) is 0 Å². The topological polar surface area (TPSA) is 70.6 Å². The summed E-state index contributed by atoms with van der Waals surface area (Å²) in [6.07, 6.45) is 5.37. The maximum Gasteiger partial charge on any atom is 0.139 e. The number of amidine groups is 1. The highest BCUT2D eigenvalue weighted by molar-refractivity contribution is 7.99. The van der Waals surface area contributed by atoms with Crippen LogP contribution in [0.25, 0.3) is 0 Å². The maximum absolute atomic E-state index is 8.34. The van der Waals surface area contributed by atoms with E-state index in [0.717, 1.165) is 25.4 Å². The Morgan fingerprint density at radius 3 is 2.80 bits per heavy atom. The molecule has 0 atom stereocenters. The van der Waals surface area contributed by atoms with E-state index in [0.29, 0.717) is 12.3 Å². The molecule has 0 bridgehead atoms. The molecule has 15 heavy (non-hydrogen) atoms. The molecule has 0 saturated carbocycles. The van der Waals surface area contributed by atoms with E-state index in [1.54, 1.807) is 0 Å². The van der Waals surface area contributed by atoms with Crippen LogP contribution in [0.15, 0.2) is 5.16 Å². The first-order chi connectivity index (χ1) is 7.33. The molecule has 5 heteroatoms. The summed E-state index contributed by atoms with van der Waals surface area (Å²) in [6.45, 7) is 1.05. The van der Waals surface area contributed by atoms with Gasteiger partial charge in [0.15, 0.2) is 0 Å². The third-order valence-electron chi connectivity index (χ3n) is 2.64. The minimum atomic E-state index is 0.337. The van der Waals surface area contributed by atoms with E-state index in [1.165, 1.54) is 24.3 Å². The Labute approximate surface area is 95.7 Å². The van der Waals surface area contributed by atoms with Crippen LogP contribution in [0.1, 0.15) is 32.1 Å². The first kappa shape index (κ1) is 12.6. The van der Waals surface area contributed by atoms with Gasteiger partial charge in [0.05, 0.1) is 0 Å². The molecule has 0 radical (unpaired) electrons. The highest BCUT2D eigenvalue weighted by Crippen LogP contribution is 2.16. The third-order valence-corrected chi connectivity index (χ3v) is 3.69. The standard InChI is InChI=1S/C10H21N3OS/c11-10(13-14)3-1-2-6-12-9-4-7-15-8-5-9/h9,12,14H,1-8H2,(H2,11,13). The summed E-state index contributed by atoms with van der Waals surface area (Å²) in [5, 5.41) is 14.8. The lowest BCUT2D eigenvalue weighted by Gasteiger charge is -2.22. The van der Waals surface area contributed by atoms with Crippen LogP contribution in [0.2, 0.25) is 0 Å². The molecule has 0 unspecified atom stereocenters. The van der Waals surface area contributed by atoms with Crippen molar-refractivity contribution in [1.82, 2.24) is 5.32 Å². The number of oxime groups is 1. The number of unbranched alkanes of at least 4 members (excludes halogenated alkanes) is 1. The predicted octanol–water partition coefficient (Wildman–Crippen LogP) is 1.39. The molecule has 1 fully saturated rings. The van der Waals surface area contributed by atoms with Gasteiger partial charge in [-0.1, -0.05) is 5.16 Å². The van der Waals surface area contributed by atoms with E-state index in [9.17, 15) is 0 Å². The van der Waals surface area contributed by atoms with Crippen LogP contribution in [0.3, 0.4) is 0 Å². The van der Waals surface area contributed by atoms with E-state index in [4.69, 9.17) is 10.9 Å². The summed E-state index contributed by atoms with van der Waals surface area (Å²) >= 11 is 2.05. The lowest BCUT2D eigenvalue weighted by Crippen LogP contribution is -2.33. The van der Waals surface area contributed by atoms with Gasteiger partial charge in [-0.3, -0.25) is 0 Å². The second-order valence-electron chi connectivity index (χ2n) is 3.89. The Kier molecular flexibility index (Phi) is 6.59. The summed E-state index contributed by atoms with van der Waals surface area (Å²) in [5.74, 6) is 2.92. The SMILES string of the molecule is NC(CCCCNC1CCSCC1)=NO. The van der Waals surface area contributed by atoms with Crippen molar-refractivity contribution in [3.63, 3.8) is 0 Å². The molecule has 0 amide bonds. The monoisotopic (exact) mass is 231 g/mol. The fraction of sp³-hybridized carbons (Fsp3) is 0.900. The minimum absolute atomic E-state index is 0.337. The highest BCUT2D eigenvalue weighted by Gasteiger charge is 2.11. The molecule has 0 spiro atoms. The van der Waals surface area contributed by atoms with Gasteiger partial charge in [-0.05, 0) is 43.7 Å². The van der Waals surface area contributed by atoms with Gasteiger partial charge < -0.3 is 16.3 Å². The Morgan fingerprint density at radius 1 is 1.40 bits per heavy atom. The van der Waals surface area contributed by atoms with E-state index in [1.807, 2.05) is 11.8 Å². The number of thioether (sulfide) groups is 1. The van der Waals surface area contributed by atoms with Crippen molar-refractivity contribution in [2.45, 2.75) is 38.1 Å². The zero-order valence-corrected chi connectivity index (χ0v) is 9.93. The van der Waals surface area contributed by atoms with E-state index in [2.05, 4.69) is 10.5 Å². The van der Waals surface area contributed by atoms with Gasteiger partial charge in [-0.15, -0.1) is 0 Å². The van der Waals surface area contributed by atoms with Crippen LogP contribution in [-0.4, -0.2) is 35.1 Å². The number of nitrogens with zero attached hydrogens (tertiary/aromatic N) is 1. The summed E-state index contributed by atoms with van der Waals surface area (Å²) in [6, 6.07) is 0.718. The normalized spacial score (nSPS) is 19.3. The molecule has 1 rings (SSSR count). The second-order valence-corrected chi connectivity index (χ2v) is 5.11. The number of nitrogens with one attached hydrogen (secondary N) is 1. The van der Waals surface area contributed by atoms with E-state index < -0.39 is 0 Å². The predicted molar refractivity (Wildman–Crippen MR) is 65.6 cm³/mol. The van der Waals surface area contributed by atoms with Gasteiger partial charge >= 0.3 is 0 Å². The molecule has 0 aromatic rings. The zero-order chi connectivity index (χ0) is 10.9. The third kappa shape index (κ3) is 5.89. The number of hydrogen-bond acceptors (Lipinski definition) is 4. The minimum Gasteiger partial charge on any atom is -0.409 e. The Hall–Kier alpha value is -0.420. The Bertz CT molecular complexity index is 193. The van der Waals surface area contributed by atoms with Crippen molar-refractivity contribution in [2.75, 3.05) is 18.1 Å². The van der Waals surface area contributed by atoms with Crippen LogP contribution >= 0.6 is 11.8 Å². The van der Waals surface area contributed by atoms with Crippen molar-refractivity contribution in [1.29, 1.82) is 0 Å². The molecular weight excluding hydrogens is 210 g/mol. The zero-order valence-electron chi connectivity index (χ0n) is 9.11. The first-order valence-electron chi connectivity index (χ1n) is 5.60. The van der Waals surface area contributed by atoms with E-state index >= 15 is 0 Å².